The molecule has 2 aliphatic rings. The molecular weight excluding hydrogens is 588 g/mol. The number of fused-ring (bicyclic) bond motifs is 1. The smallest absolute Gasteiger partial charge is 0.229 e. The number of phenols is 1. The van der Waals surface area contributed by atoms with Crippen LogP contribution in [0.5, 0.6) is 23.0 Å². The number of aromatic hydroxyl groups is 1. The Bertz CT molecular complexity index is 1510. The van der Waals surface area contributed by atoms with Crippen LogP contribution in [0.15, 0.2) is 45.6 Å². The Morgan fingerprint density at radius 1 is 0.795 bits per heavy atom. The van der Waals surface area contributed by atoms with Crippen molar-refractivity contribution in [2.75, 3.05) is 20.8 Å². The summed E-state index contributed by atoms with van der Waals surface area (Å²) in [5.41, 5.74) is 0.00435. The van der Waals surface area contributed by atoms with Gasteiger partial charge in [-0.05, 0) is 31.2 Å². The van der Waals surface area contributed by atoms with Crippen LogP contribution in [0.25, 0.3) is 22.3 Å². The number of methoxy groups -OCH3 is 2. The second kappa shape index (κ2) is 12.8. The van der Waals surface area contributed by atoms with Gasteiger partial charge in [0, 0.05) is 17.7 Å². The normalized spacial score (nSPS) is 32.4. The van der Waals surface area contributed by atoms with Crippen LogP contribution < -0.4 is 19.6 Å². The Hall–Kier alpha value is -3.51. The first-order valence-electron chi connectivity index (χ1n) is 13.6. The molecule has 0 saturated carbocycles. The topological polar surface area (TPSA) is 227 Å². The van der Waals surface area contributed by atoms with Crippen LogP contribution >= 0.6 is 0 Å². The number of aliphatic hydroxyl groups is 6. The van der Waals surface area contributed by atoms with Crippen LogP contribution in [0.2, 0.25) is 0 Å². The average Bonchev–Trinajstić information content (AvgIpc) is 3.01. The zero-order chi connectivity index (χ0) is 31.9. The first kappa shape index (κ1) is 31.9. The highest BCUT2D eigenvalue weighted by molar-refractivity contribution is 5.89. The van der Waals surface area contributed by atoms with Crippen molar-refractivity contribution in [1.29, 1.82) is 0 Å². The molecule has 10 atom stereocenters. The summed E-state index contributed by atoms with van der Waals surface area (Å²) in [5, 5.41) is 71.8. The first-order valence-corrected chi connectivity index (χ1v) is 13.6. The molecule has 7 N–H and O–H groups in total. The molecule has 5 rings (SSSR count). The van der Waals surface area contributed by atoms with Gasteiger partial charge in [0.15, 0.2) is 23.2 Å². The maximum atomic E-state index is 12.8. The Morgan fingerprint density at radius 2 is 1.45 bits per heavy atom. The maximum Gasteiger partial charge on any atom is 0.229 e. The highest BCUT2D eigenvalue weighted by Crippen LogP contribution is 2.42. The minimum absolute atomic E-state index is 0.00624. The predicted octanol–water partition coefficient (Wildman–Crippen LogP) is -0.787. The molecular formula is C29H34O15. The molecule has 0 bridgehead atoms. The minimum Gasteiger partial charge on any atom is -0.504 e. The molecule has 0 aliphatic carbocycles. The zero-order valence-corrected chi connectivity index (χ0v) is 23.8. The zero-order valence-electron chi connectivity index (χ0n) is 23.8. The molecule has 0 radical (unpaired) electrons. The number of rotatable bonds is 8. The Morgan fingerprint density at radius 3 is 2.11 bits per heavy atom. The van der Waals surface area contributed by atoms with Gasteiger partial charge in [-0.3, -0.25) is 4.79 Å². The molecule has 0 spiro atoms. The maximum absolute atomic E-state index is 12.8. The number of hydrogen-bond acceptors (Lipinski definition) is 15. The lowest BCUT2D eigenvalue weighted by molar-refractivity contribution is -0.318. The third-order valence-corrected chi connectivity index (χ3v) is 7.63. The SMILES string of the molecule is COc1cc2oc(-c3ccc(O[C@H]4O[C@@H](CO[C@@H]5O[C@@H](C)[C@H](O)[C@H](O)[C@H]5O)[C@H](O)[C@H](O)[C@@H]4O)cc3)cc(=O)c2c(O)c1OC. The molecule has 15 nitrogen and oxygen atoms in total. The van der Waals surface area contributed by atoms with Gasteiger partial charge in [-0.2, -0.15) is 0 Å². The summed E-state index contributed by atoms with van der Waals surface area (Å²) < 4.78 is 38.4. The van der Waals surface area contributed by atoms with Crippen LogP contribution in [0.1, 0.15) is 6.92 Å². The van der Waals surface area contributed by atoms with E-state index in [4.69, 9.17) is 32.8 Å². The van der Waals surface area contributed by atoms with Gasteiger partial charge in [0.1, 0.15) is 65.2 Å². The molecule has 0 amide bonds. The lowest BCUT2D eigenvalue weighted by atomic mass is 9.98. The fraction of sp³-hybridized carbons (Fsp3) is 0.483. The molecule has 3 aromatic rings. The second-order valence-electron chi connectivity index (χ2n) is 10.5. The number of aliphatic hydroxyl groups excluding tert-OH is 6. The summed E-state index contributed by atoms with van der Waals surface area (Å²) in [6.07, 6.45) is -14.3. The van der Waals surface area contributed by atoms with E-state index in [1.54, 1.807) is 12.1 Å². The van der Waals surface area contributed by atoms with Gasteiger partial charge in [-0.25, -0.2) is 0 Å². The fourth-order valence-corrected chi connectivity index (χ4v) is 5.08. The number of phenolic OH excluding ortho intramolecular Hbond substituents is 1. The lowest BCUT2D eigenvalue weighted by Gasteiger charge is -2.42. The third kappa shape index (κ3) is 5.93. The average molecular weight is 623 g/mol. The van der Waals surface area contributed by atoms with Gasteiger partial charge in [0.05, 0.1) is 26.9 Å². The van der Waals surface area contributed by atoms with Gasteiger partial charge in [0.25, 0.3) is 0 Å². The molecule has 2 fully saturated rings. The van der Waals surface area contributed by atoms with Crippen molar-refractivity contribution in [3.05, 3.63) is 46.6 Å². The van der Waals surface area contributed by atoms with Crippen LogP contribution in [-0.4, -0.2) is 118 Å². The van der Waals surface area contributed by atoms with Gasteiger partial charge in [0.2, 0.25) is 12.0 Å². The van der Waals surface area contributed by atoms with Gasteiger partial charge in [-0.1, -0.05) is 0 Å². The number of benzene rings is 2. The van der Waals surface area contributed by atoms with Crippen LogP contribution in [0.3, 0.4) is 0 Å². The molecule has 2 aliphatic heterocycles. The summed E-state index contributed by atoms with van der Waals surface area (Å²) in [6, 6.07) is 8.72. The Balaban J connectivity index is 1.29. The van der Waals surface area contributed by atoms with Crippen LogP contribution in [0, 0.1) is 0 Å². The molecule has 1 aromatic heterocycles. The Kier molecular flexibility index (Phi) is 9.31. The van der Waals surface area contributed by atoms with E-state index in [9.17, 15) is 40.5 Å². The van der Waals surface area contributed by atoms with E-state index in [1.807, 2.05) is 0 Å². The molecule has 2 aromatic carbocycles. The van der Waals surface area contributed by atoms with E-state index in [-0.39, 0.29) is 34.0 Å². The van der Waals surface area contributed by atoms with Crippen LogP contribution in [0.4, 0.5) is 0 Å². The van der Waals surface area contributed by atoms with E-state index in [2.05, 4.69) is 0 Å². The van der Waals surface area contributed by atoms with Crippen molar-refractivity contribution >= 4 is 11.0 Å². The predicted molar refractivity (Wildman–Crippen MR) is 148 cm³/mol. The number of ether oxygens (including phenoxy) is 6. The van der Waals surface area contributed by atoms with E-state index in [0.29, 0.717) is 5.56 Å². The quantitative estimate of drug-likeness (QED) is 0.163. The molecule has 15 heteroatoms. The fourth-order valence-electron chi connectivity index (χ4n) is 5.08. The summed E-state index contributed by atoms with van der Waals surface area (Å²) >= 11 is 0. The second-order valence-corrected chi connectivity index (χ2v) is 10.5. The largest absolute Gasteiger partial charge is 0.504 e. The lowest BCUT2D eigenvalue weighted by Crippen LogP contribution is -2.61. The van der Waals surface area contributed by atoms with Gasteiger partial charge in [-0.15, -0.1) is 0 Å². The monoisotopic (exact) mass is 622 g/mol. The summed E-state index contributed by atoms with van der Waals surface area (Å²) in [5.74, 6) is 0.0984. The minimum atomic E-state index is -1.69. The van der Waals surface area contributed by atoms with Gasteiger partial charge < -0.3 is 68.6 Å². The first-order chi connectivity index (χ1) is 20.9. The highest BCUT2D eigenvalue weighted by atomic mass is 16.7. The summed E-state index contributed by atoms with van der Waals surface area (Å²) in [7, 11) is 2.70. The molecule has 2 saturated heterocycles. The van der Waals surface area contributed by atoms with Crippen molar-refractivity contribution in [2.24, 2.45) is 0 Å². The van der Waals surface area contributed by atoms with Crippen LogP contribution in [-0.2, 0) is 14.2 Å². The van der Waals surface area contributed by atoms with Gasteiger partial charge >= 0.3 is 0 Å². The number of hydrogen-bond donors (Lipinski definition) is 7. The summed E-state index contributed by atoms with van der Waals surface area (Å²) in [4.78, 5) is 12.8. The molecule has 240 valence electrons. The van der Waals surface area contributed by atoms with E-state index in [1.165, 1.54) is 45.4 Å². The molecule has 44 heavy (non-hydrogen) atoms. The standard InChI is InChI=1S/C29H34O15/c1-11-20(31)23(34)25(36)28(41-11)40-10-18-21(32)24(35)26(37)29(44-18)42-13-6-4-12(5-7-13)15-8-14(30)19-16(43-15)9-17(38-2)27(39-3)22(19)33/h4-9,11,18,20-21,23-26,28-29,31-37H,10H2,1-3H3/t11-,18-,20-,21-,23-,24-,25+,26-,28+,29-/m0/s1. The van der Waals surface area contributed by atoms with E-state index >= 15 is 0 Å². The van der Waals surface area contributed by atoms with Crippen molar-refractivity contribution in [3.63, 3.8) is 0 Å². The van der Waals surface area contributed by atoms with Crippen molar-refractivity contribution < 1.29 is 68.6 Å². The van der Waals surface area contributed by atoms with E-state index < -0.39 is 79.2 Å². The van der Waals surface area contributed by atoms with Crippen molar-refractivity contribution in [1.82, 2.24) is 0 Å². The van der Waals surface area contributed by atoms with E-state index in [0.717, 1.165) is 0 Å². The third-order valence-electron chi connectivity index (χ3n) is 7.63. The highest BCUT2D eigenvalue weighted by Gasteiger charge is 2.47. The summed E-state index contributed by atoms with van der Waals surface area (Å²) in [6.45, 7) is 1.04. The Labute approximate surface area is 249 Å². The van der Waals surface area contributed by atoms with Crippen molar-refractivity contribution in [3.8, 4) is 34.3 Å². The van der Waals surface area contributed by atoms with Crippen molar-refractivity contribution in [2.45, 2.75) is 68.3 Å². The molecule has 0 unspecified atom stereocenters. The molecule has 3 heterocycles.